The number of aromatic hydroxyl groups is 1. The first-order valence-electron chi connectivity index (χ1n) is 10.5. The summed E-state index contributed by atoms with van der Waals surface area (Å²) in [6.07, 6.45) is 4.45. The number of aryl methyl sites for hydroxylation is 1. The maximum atomic E-state index is 11.1. The van der Waals surface area contributed by atoms with Crippen LogP contribution < -0.4 is 5.30 Å². The molecular weight excluding hydrogens is 379 g/mol. The molecule has 0 aromatic heterocycles. The van der Waals surface area contributed by atoms with Crippen LogP contribution in [0, 0.1) is 6.92 Å². The quantitative estimate of drug-likeness (QED) is 0.344. The van der Waals surface area contributed by atoms with Gasteiger partial charge in [0.05, 0.1) is 0 Å². The molecule has 28 heavy (non-hydrogen) atoms. The predicted octanol–water partition coefficient (Wildman–Crippen LogP) is 7.23. The molecule has 0 heterocycles. The van der Waals surface area contributed by atoms with Crippen molar-refractivity contribution in [2.75, 3.05) is 0 Å². The Kier molecular flexibility index (Phi) is 8.06. The van der Waals surface area contributed by atoms with Crippen LogP contribution >= 0.6 is 21.2 Å². The van der Waals surface area contributed by atoms with Crippen LogP contribution in [0.3, 0.4) is 0 Å². The van der Waals surface area contributed by atoms with E-state index in [4.69, 9.17) is 0 Å². The number of hydrogen-bond donors (Lipinski definition) is 2. The van der Waals surface area contributed by atoms with E-state index in [0.717, 1.165) is 29.7 Å². The average Bonchev–Trinajstić information content (AvgIpc) is 2.66. The van der Waals surface area contributed by atoms with Crippen LogP contribution in [0.2, 0.25) is 0 Å². The van der Waals surface area contributed by atoms with Crippen molar-refractivity contribution < 1.29 is 5.11 Å². The number of hydrogen-bond acceptors (Lipinski definition) is 2. The van der Waals surface area contributed by atoms with Crippen LogP contribution in [0.1, 0.15) is 82.6 Å². The molecule has 2 aromatic rings. The summed E-state index contributed by atoms with van der Waals surface area (Å²) >= 11 is 4.56. The third kappa shape index (κ3) is 5.14. The second kappa shape index (κ2) is 9.68. The molecule has 0 saturated heterocycles. The molecule has 0 radical (unpaired) electrons. The Morgan fingerprint density at radius 1 is 1.07 bits per heavy atom. The lowest BCUT2D eigenvalue weighted by atomic mass is 9.81. The molecular formula is C25H37OPS. The number of phenols is 1. The molecule has 3 heteroatoms. The van der Waals surface area contributed by atoms with Crippen LogP contribution in [-0.2, 0) is 16.3 Å². The van der Waals surface area contributed by atoms with E-state index in [1.54, 1.807) is 0 Å². The standard InChI is InChI=1S/C25H37OPS/c1-7-9-14-25(8-2,27-22-13-11-10-12-19(22)17-28)21-16-20(24(4,5)6)15-18(3)23(21)26/h10-13,15-16,26-28H,7-9,14,17H2,1-6H3. The van der Waals surface area contributed by atoms with Gasteiger partial charge in [-0.15, -0.1) is 0 Å². The maximum absolute atomic E-state index is 11.1. The molecule has 1 N–H and O–H groups in total. The predicted molar refractivity (Wildman–Crippen MR) is 130 cm³/mol. The fourth-order valence-electron chi connectivity index (χ4n) is 3.81. The lowest BCUT2D eigenvalue weighted by Gasteiger charge is -2.36. The van der Waals surface area contributed by atoms with E-state index < -0.39 is 0 Å². The monoisotopic (exact) mass is 416 g/mol. The average molecular weight is 417 g/mol. The van der Waals surface area contributed by atoms with E-state index in [2.05, 4.69) is 83.6 Å². The molecule has 0 saturated carbocycles. The van der Waals surface area contributed by atoms with Crippen molar-refractivity contribution in [1.82, 2.24) is 0 Å². The Bertz CT molecular complexity index is 794. The third-order valence-electron chi connectivity index (χ3n) is 5.80. The topological polar surface area (TPSA) is 20.2 Å². The molecule has 0 fully saturated rings. The largest absolute Gasteiger partial charge is 0.507 e. The Morgan fingerprint density at radius 2 is 1.75 bits per heavy atom. The maximum Gasteiger partial charge on any atom is 0.122 e. The lowest BCUT2D eigenvalue weighted by molar-refractivity contribution is 0.433. The minimum absolute atomic E-state index is 0.0365. The third-order valence-corrected chi connectivity index (χ3v) is 8.25. The molecule has 2 atom stereocenters. The molecule has 0 bridgehead atoms. The fraction of sp³-hybridized carbons (Fsp3) is 0.520. The van der Waals surface area contributed by atoms with E-state index in [1.165, 1.54) is 29.3 Å². The van der Waals surface area contributed by atoms with Gasteiger partial charge in [-0.05, 0) is 47.2 Å². The van der Waals surface area contributed by atoms with Gasteiger partial charge in [-0.2, -0.15) is 12.6 Å². The van der Waals surface area contributed by atoms with Gasteiger partial charge in [-0.25, -0.2) is 0 Å². The zero-order valence-corrected chi connectivity index (χ0v) is 20.3. The Morgan fingerprint density at radius 3 is 2.32 bits per heavy atom. The molecule has 2 rings (SSSR count). The van der Waals surface area contributed by atoms with Gasteiger partial charge in [-0.3, -0.25) is 0 Å². The first-order valence-corrected chi connectivity index (χ1v) is 12.1. The number of thiol groups is 1. The van der Waals surface area contributed by atoms with E-state index in [-0.39, 0.29) is 10.6 Å². The summed E-state index contributed by atoms with van der Waals surface area (Å²) in [6, 6.07) is 13.1. The summed E-state index contributed by atoms with van der Waals surface area (Å²) < 4.78 is 0. The van der Waals surface area contributed by atoms with E-state index >= 15 is 0 Å². The molecule has 2 unspecified atom stereocenters. The van der Waals surface area contributed by atoms with Gasteiger partial charge in [-0.1, -0.05) is 92.4 Å². The van der Waals surface area contributed by atoms with Crippen molar-refractivity contribution in [3.63, 3.8) is 0 Å². The molecule has 154 valence electrons. The second-order valence-electron chi connectivity index (χ2n) is 8.92. The van der Waals surface area contributed by atoms with Crippen molar-refractivity contribution in [2.45, 2.75) is 83.5 Å². The molecule has 2 aromatic carbocycles. The molecule has 0 aliphatic carbocycles. The first kappa shape index (κ1) is 23.3. The first-order chi connectivity index (χ1) is 13.2. The van der Waals surface area contributed by atoms with E-state index in [9.17, 15) is 5.11 Å². The highest BCUT2D eigenvalue weighted by molar-refractivity contribution is 7.79. The van der Waals surface area contributed by atoms with Crippen LogP contribution in [0.4, 0.5) is 0 Å². The molecule has 0 spiro atoms. The van der Waals surface area contributed by atoms with Gasteiger partial charge in [0.2, 0.25) is 0 Å². The fourth-order valence-corrected chi connectivity index (χ4v) is 6.07. The number of phenolic OH excluding ortho intramolecular Hbond substituents is 1. The van der Waals surface area contributed by atoms with Gasteiger partial charge >= 0.3 is 0 Å². The Labute approximate surface area is 179 Å². The second-order valence-corrected chi connectivity index (χ2v) is 11.0. The molecule has 0 aliphatic rings. The smallest absolute Gasteiger partial charge is 0.122 e. The van der Waals surface area contributed by atoms with Crippen LogP contribution in [0.25, 0.3) is 0 Å². The molecule has 0 aliphatic heterocycles. The summed E-state index contributed by atoms with van der Waals surface area (Å²) in [7, 11) is 0.622. The van der Waals surface area contributed by atoms with E-state index in [0.29, 0.717) is 14.3 Å². The van der Waals surface area contributed by atoms with Crippen LogP contribution in [-0.4, -0.2) is 5.11 Å². The lowest BCUT2D eigenvalue weighted by Crippen LogP contribution is -2.25. The normalized spacial score (nSPS) is 14.5. The zero-order valence-electron chi connectivity index (χ0n) is 18.4. The Hall–Kier alpha value is -0.980. The van der Waals surface area contributed by atoms with Crippen molar-refractivity contribution in [3.8, 4) is 5.75 Å². The summed E-state index contributed by atoms with van der Waals surface area (Å²) in [4.78, 5) is 0. The Balaban J connectivity index is 2.67. The SMILES string of the molecule is CCCCC(CC)(Pc1ccccc1CS)c1cc(C(C)(C)C)cc(C)c1O. The minimum Gasteiger partial charge on any atom is -0.507 e. The number of unbranched alkanes of at least 4 members (excludes halogenated alkanes) is 1. The summed E-state index contributed by atoms with van der Waals surface area (Å²) in [5, 5.41) is 12.5. The highest BCUT2D eigenvalue weighted by Gasteiger charge is 2.35. The zero-order chi connectivity index (χ0) is 20.9. The van der Waals surface area contributed by atoms with Crippen LogP contribution in [0.15, 0.2) is 36.4 Å². The van der Waals surface area contributed by atoms with Crippen molar-refractivity contribution in [3.05, 3.63) is 58.7 Å². The van der Waals surface area contributed by atoms with Gasteiger partial charge in [0, 0.05) is 16.5 Å². The minimum atomic E-state index is -0.0365. The highest BCUT2D eigenvalue weighted by atomic mass is 32.1. The van der Waals surface area contributed by atoms with Gasteiger partial charge in [0.1, 0.15) is 5.75 Å². The van der Waals surface area contributed by atoms with Crippen molar-refractivity contribution in [1.29, 1.82) is 0 Å². The van der Waals surface area contributed by atoms with Gasteiger partial charge in [0.25, 0.3) is 0 Å². The van der Waals surface area contributed by atoms with Crippen LogP contribution in [0.5, 0.6) is 5.75 Å². The highest BCUT2D eigenvalue weighted by Crippen LogP contribution is 2.52. The van der Waals surface area contributed by atoms with Crippen molar-refractivity contribution in [2.24, 2.45) is 0 Å². The summed E-state index contributed by atoms with van der Waals surface area (Å²) in [6.45, 7) is 13.3. The van der Waals surface area contributed by atoms with E-state index in [1.807, 2.05) is 6.92 Å². The molecule has 1 nitrogen and oxygen atoms in total. The molecule has 0 amide bonds. The summed E-state index contributed by atoms with van der Waals surface area (Å²) in [5.74, 6) is 1.24. The van der Waals surface area contributed by atoms with Crippen molar-refractivity contribution >= 4 is 26.5 Å². The number of rotatable bonds is 8. The summed E-state index contributed by atoms with van der Waals surface area (Å²) in [5.41, 5.74) is 4.80. The van der Waals surface area contributed by atoms with Gasteiger partial charge < -0.3 is 5.11 Å². The number of benzene rings is 2. The van der Waals surface area contributed by atoms with Gasteiger partial charge in [0.15, 0.2) is 0 Å².